The number of aromatic nitrogens is 4. The largest absolute Gasteiger partial charge is 0.457 e. The lowest BCUT2D eigenvalue weighted by atomic mass is 10.1. The Bertz CT molecular complexity index is 1390. The normalized spacial score (nSPS) is 10.9. The summed E-state index contributed by atoms with van der Waals surface area (Å²) in [4.78, 5) is 23.0. The van der Waals surface area contributed by atoms with Crippen molar-refractivity contribution in [1.82, 2.24) is 19.7 Å². The maximum Gasteiger partial charge on any atom is 0.256 e. The van der Waals surface area contributed by atoms with Crippen molar-refractivity contribution >= 4 is 34.0 Å². The van der Waals surface area contributed by atoms with Crippen LogP contribution in [0.4, 0.5) is 5.69 Å². The summed E-state index contributed by atoms with van der Waals surface area (Å²) in [6.07, 6.45) is 3.34. The number of rotatable bonds is 5. The van der Waals surface area contributed by atoms with Gasteiger partial charge in [0.05, 0.1) is 27.2 Å². The first-order valence-corrected chi connectivity index (χ1v) is 10.8. The van der Waals surface area contributed by atoms with Gasteiger partial charge < -0.3 is 10.1 Å². The highest BCUT2D eigenvalue weighted by molar-refractivity contribution is 7.13. The first kappa shape index (κ1) is 19.9. The number of benzene rings is 1. The van der Waals surface area contributed by atoms with Gasteiger partial charge in [0.2, 0.25) is 0 Å². The molecule has 4 heterocycles. The number of ether oxygens (including phenoxy) is 1. The highest BCUT2D eigenvalue weighted by atomic mass is 32.1. The zero-order valence-electron chi connectivity index (χ0n) is 17.4. The molecule has 0 bridgehead atoms. The van der Waals surface area contributed by atoms with Crippen LogP contribution < -0.4 is 10.1 Å². The number of carbonyl (C=O) groups is 1. The minimum absolute atomic E-state index is 0.214. The highest BCUT2D eigenvalue weighted by Gasteiger charge is 2.19. The standard InChI is InChI=1S/C24H19N5O2S/c1-15-22-19(14-20(21-4-3-13-32-21)27-23(22)29(2)28-15)24(30)26-16-5-7-17(8-6-16)31-18-9-11-25-12-10-18/h3-14H,1-2H3,(H,26,30). The molecule has 7 nitrogen and oxygen atoms in total. The van der Waals surface area contributed by atoms with E-state index in [0.717, 1.165) is 21.7 Å². The van der Waals surface area contributed by atoms with Crippen LogP contribution in [0.1, 0.15) is 16.1 Å². The summed E-state index contributed by atoms with van der Waals surface area (Å²) in [6, 6.07) is 16.6. The molecule has 1 aromatic carbocycles. The van der Waals surface area contributed by atoms with Gasteiger partial charge in [-0.1, -0.05) is 6.07 Å². The molecule has 1 N–H and O–H groups in total. The number of pyridine rings is 2. The molecule has 8 heteroatoms. The molecule has 0 spiro atoms. The minimum Gasteiger partial charge on any atom is -0.457 e. The van der Waals surface area contributed by atoms with E-state index >= 15 is 0 Å². The Labute approximate surface area is 188 Å². The van der Waals surface area contributed by atoms with E-state index in [-0.39, 0.29) is 5.91 Å². The quantitative estimate of drug-likeness (QED) is 0.392. The van der Waals surface area contributed by atoms with E-state index < -0.39 is 0 Å². The molecule has 0 saturated heterocycles. The van der Waals surface area contributed by atoms with E-state index in [1.165, 1.54) is 0 Å². The monoisotopic (exact) mass is 441 g/mol. The van der Waals surface area contributed by atoms with Gasteiger partial charge in [0.1, 0.15) is 11.5 Å². The van der Waals surface area contributed by atoms with Crippen LogP contribution in [0.2, 0.25) is 0 Å². The van der Waals surface area contributed by atoms with Crippen LogP contribution in [-0.4, -0.2) is 25.7 Å². The molecule has 5 aromatic rings. The molecule has 1 amide bonds. The maximum atomic E-state index is 13.3. The Kier molecular flexibility index (Phi) is 5.12. The smallest absolute Gasteiger partial charge is 0.256 e. The molecule has 4 aromatic heterocycles. The molecular weight excluding hydrogens is 422 g/mol. The predicted molar refractivity (Wildman–Crippen MR) is 125 cm³/mol. The lowest BCUT2D eigenvalue weighted by Crippen LogP contribution is -2.13. The number of fused-ring (bicyclic) bond motifs is 1. The van der Waals surface area contributed by atoms with Gasteiger partial charge in [0.25, 0.3) is 5.91 Å². The molecule has 0 aliphatic heterocycles. The van der Waals surface area contributed by atoms with Crippen molar-refractivity contribution in [1.29, 1.82) is 0 Å². The zero-order chi connectivity index (χ0) is 22.1. The fourth-order valence-electron chi connectivity index (χ4n) is 3.52. The third kappa shape index (κ3) is 3.83. The molecule has 0 aliphatic carbocycles. The van der Waals surface area contributed by atoms with Gasteiger partial charge in [-0.25, -0.2) is 4.98 Å². The van der Waals surface area contributed by atoms with Crippen LogP contribution in [0, 0.1) is 6.92 Å². The summed E-state index contributed by atoms with van der Waals surface area (Å²) >= 11 is 1.58. The average molecular weight is 442 g/mol. The topological polar surface area (TPSA) is 81.9 Å². The molecule has 5 rings (SSSR count). The molecule has 0 saturated carbocycles. The Morgan fingerprint density at radius 1 is 1.06 bits per heavy atom. The van der Waals surface area contributed by atoms with E-state index in [1.54, 1.807) is 40.5 Å². The molecule has 0 aliphatic rings. The second-order valence-corrected chi connectivity index (χ2v) is 8.15. The van der Waals surface area contributed by atoms with Crippen molar-refractivity contribution in [2.24, 2.45) is 7.05 Å². The number of aryl methyl sites for hydroxylation is 2. The number of nitrogens with one attached hydrogen (secondary N) is 1. The van der Waals surface area contributed by atoms with Gasteiger partial charge in [-0.2, -0.15) is 5.10 Å². The van der Waals surface area contributed by atoms with Crippen molar-refractivity contribution in [2.45, 2.75) is 6.92 Å². The predicted octanol–water partition coefficient (Wildman–Crippen LogP) is 5.44. The first-order valence-electron chi connectivity index (χ1n) is 9.96. The van der Waals surface area contributed by atoms with Gasteiger partial charge in [-0.15, -0.1) is 11.3 Å². The van der Waals surface area contributed by atoms with Gasteiger partial charge in [-0.05, 0) is 60.8 Å². The second-order valence-electron chi connectivity index (χ2n) is 7.20. The van der Waals surface area contributed by atoms with Gasteiger partial charge >= 0.3 is 0 Å². The van der Waals surface area contributed by atoms with Gasteiger partial charge in [0, 0.05) is 25.1 Å². The van der Waals surface area contributed by atoms with Crippen LogP contribution >= 0.6 is 11.3 Å². The van der Waals surface area contributed by atoms with E-state index in [4.69, 9.17) is 9.72 Å². The first-order chi connectivity index (χ1) is 15.6. The fourth-order valence-corrected chi connectivity index (χ4v) is 4.21. The van der Waals surface area contributed by atoms with Crippen molar-refractivity contribution in [3.8, 4) is 22.1 Å². The van der Waals surface area contributed by atoms with E-state index in [9.17, 15) is 4.79 Å². The van der Waals surface area contributed by atoms with E-state index in [1.807, 2.05) is 61.8 Å². The van der Waals surface area contributed by atoms with Crippen LogP contribution in [0.15, 0.2) is 72.4 Å². The molecule has 0 unspecified atom stereocenters. The fraction of sp³-hybridized carbons (Fsp3) is 0.0833. The summed E-state index contributed by atoms with van der Waals surface area (Å²) in [5.74, 6) is 1.15. The second kappa shape index (κ2) is 8.24. The zero-order valence-corrected chi connectivity index (χ0v) is 18.3. The Morgan fingerprint density at radius 2 is 1.81 bits per heavy atom. The van der Waals surface area contributed by atoms with Crippen molar-refractivity contribution in [3.05, 3.63) is 83.6 Å². The van der Waals surface area contributed by atoms with Crippen molar-refractivity contribution in [2.75, 3.05) is 5.32 Å². The lowest BCUT2D eigenvalue weighted by Gasteiger charge is -2.10. The number of hydrogen-bond acceptors (Lipinski definition) is 6. The summed E-state index contributed by atoms with van der Waals surface area (Å²) in [5.41, 5.74) is 3.41. The number of carbonyl (C=O) groups excluding carboxylic acids is 1. The molecule has 158 valence electrons. The molecule has 32 heavy (non-hydrogen) atoms. The summed E-state index contributed by atoms with van der Waals surface area (Å²) in [5, 5.41) is 10.2. The van der Waals surface area contributed by atoms with E-state index in [2.05, 4.69) is 15.4 Å². The van der Waals surface area contributed by atoms with E-state index in [0.29, 0.717) is 28.4 Å². The molecule has 0 radical (unpaired) electrons. The summed E-state index contributed by atoms with van der Waals surface area (Å²) in [6.45, 7) is 1.89. The number of hydrogen-bond donors (Lipinski definition) is 1. The van der Waals surface area contributed by atoms with Crippen molar-refractivity contribution in [3.63, 3.8) is 0 Å². The average Bonchev–Trinajstić information content (AvgIpc) is 3.44. The molecule has 0 atom stereocenters. The Balaban J connectivity index is 1.44. The SMILES string of the molecule is Cc1nn(C)c2nc(-c3cccs3)cc(C(=O)Nc3ccc(Oc4ccncc4)cc3)c12. The lowest BCUT2D eigenvalue weighted by molar-refractivity contribution is 0.102. The summed E-state index contributed by atoms with van der Waals surface area (Å²) in [7, 11) is 1.84. The van der Waals surface area contributed by atoms with Crippen LogP contribution in [0.25, 0.3) is 21.6 Å². The van der Waals surface area contributed by atoms with Gasteiger partial charge in [-0.3, -0.25) is 14.5 Å². The van der Waals surface area contributed by atoms with Crippen LogP contribution in [-0.2, 0) is 7.05 Å². The third-order valence-corrected chi connectivity index (χ3v) is 5.88. The highest BCUT2D eigenvalue weighted by Crippen LogP contribution is 2.30. The van der Waals surface area contributed by atoms with Gasteiger partial charge in [0.15, 0.2) is 5.65 Å². The minimum atomic E-state index is -0.214. The molecular formula is C24H19N5O2S. The number of amides is 1. The summed E-state index contributed by atoms with van der Waals surface area (Å²) < 4.78 is 7.50. The van der Waals surface area contributed by atoms with Crippen LogP contribution in [0.3, 0.4) is 0 Å². The number of nitrogens with zero attached hydrogens (tertiary/aromatic N) is 4. The Morgan fingerprint density at radius 3 is 2.53 bits per heavy atom. The molecule has 0 fully saturated rings. The van der Waals surface area contributed by atoms with Crippen molar-refractivity contribution < 1.29 is 9.53 Å². The number of anilines is 1. The Hall–Kier alpha value is -4.04. The third-order valence-electron chi connectivity index (χ3n) is 4.98. The number of thiophene rings is 1. The van der Waals surface area contributed by atoms with Crippen LogP contribution in [0.5, 0.6) is 11.5 Å². The maximum absolute atomic E-state index is 13.3.